The normalized spacial score (nSPS) is 12.4. The summed E-state index contributed by atoms with van der Waals surface area (Å²) in [5, 5.41) is 29.4. The summed E-state index contributed by atoms with van der Waals surface area (Å²) in [6, 6.07) is 14.5. The molecule has 4 heteroatoms. The van der Waals surface area contributed by atoms with Crippen LogP contribution in [0.3, 0.4) is 0 Å². The maximum Gasteiger partial charge on any atom is 0.157 e. The van der Waals surface area contributed by atoms with Crippen molar-refractivity contribution in [3.05, 3.63) is 54.1 Å². The first-order valence-electron chi connectivity index (χ1n) is 7.01. The highest BCUT2D eigenvalue weighted by atomic mass is 16.3. The van der Waals surface area contributed by atoms with Crippen molar-refractivity contribution in [2.24, 2.45) is 0 Å². The van der Waals surface area contributed by atoms with Gasteiger partial charge in [-0.1, -0.05) is 24.3 Å². The minimum Gasteiger partial charge on any atom is -0.504 e. The third-order valence-corrected chi connectivity index (χ3v) is 3.39. The summed E-state index contributed by atoms with van der Waals surface area (Å²) < 4.78 is 0. The average Bonchev–Trinajstić information content (AvgIpc) is 2.44. The van der Waals surface area contributed by atoms with Gasteiger partial charge in [-0.25, -0.2) is 0 Å². The monoisotopic (exact) mass is 287 g/mol. The third kappa shape index (κ3) is 3.67. The lowest BCUT2D eigenvalue weighted by Gasteiger charge is -2.34. The van der Waals surface area contributed by atoms with Gasteiger partial charge in [0.2, 0.25) is 0 Å². The van der Waals surface area contributed by atoms with Crippen molar-refractivity contribution in [2.75, 3.05) is 4.90 Å². The Bertz CT molecular complexity index is 584. The zero-order chi connectivity index (χ0) is 15.4. The second kappa shape index (κ2) is 6.50. The number of para-hydroxylation sites is 1. The van der Waals surface area contributed by atoms with Crippen LogP contribution in [0, 0.1) is 0 Å². The first-order valence-corrected chi connectivity index (χ1v) is 7.01. The number of phenols is 2. The fourth-order valence-electron chi connectivity index (χ4n) is 2.42. The molecule has 1 unspecified atom stereocenters. The summed E-state index contributed by atoms with van der Waals surface area (Å²) in [6.07, 6.45) is -0.350. The maximum absolute atomic E-state index is 10.5. The fraction of sp³-hybridized carbons (Fsp3) is 0.294. The number of aromatic hydroxyl groups is 2. The van der Waals surface area contributed by atoms with E-state index in [0.29, 0.717) is 6.42 Å². The second-order valence-corrected chi connectivity index (χ2v) is 5.34. The predicted molar refractivity (Wildman–Crippen MR) is 83.5 cm³/mol. The highest BCUT2D eigenvalue weighted by Crippen LogP contribution is 2.27. The number of nitrogens with zero attached hydrogens (tertiary/aromatic N) is 1. The molecule has 112 valence electrons. The molecule has 2 rings (SSSR count). The Kier molecular flexibility index (Phi) is 4.70. The van der Waals surface area contributed by atoms with Gasteiger partial charge in [0.05, 0.1) is 0 Å². The maximum atomic E-state index is 10.5. The molecule has 2 aromatic rings. The van der Waals surface area contributed by atoms with Crippen molar-refractivity contribution < 1.29 is 15.3 Å². The number of hydrogen-bond donors (Lipinski definition) is 3. The van der Waals surface area contributed by atoms with Crippen LogP contribution in [0.25, 0.3) is 0 Å². The predicted octanol–water partition coefficient (Wildman–Crippen LogP) is 2.87. The van der Waals surface area contributed by atoms with Crippen LogP contribution in [0.5, 0.6) is 11.5 Å². The molecule has 0 amide bonds. The molecule has 0 bridgehead atoms. The van der Waals surface area contributed by atoms with Crippen LogP contribution in [0.1, 0.15) is 19.4 Å². The molecule has 0 aromatic heterocycles. The number of aliphatic hydroxyl groups is 1. The van der Waals surface area contributed by atoms with Crippen LogP contribution in [0.4, 0.5) is 5.69 Å². The standard InChI is InChI=1S/C17H21NO3/c1-12(2)18(14-6-4-3-5-7-14)17(21)11-13-8-9-15(19)16(20)10-13/h3-10,12,17,19-21H,11H2,1-2H3. The Balaban J connectivity index is 2.19. The molecule has 0 saturated heterocycles. The van der Waals surface area contributed by atoms with Crippen LogP contribution in [0.2, 0.25) is 0 Å². The molecule has 0 saturated carbocycles. The molecule has 1 atom stereocenters. The van der Waals surface area contributed by atoms with E-state index in [4.69, 9.17) is 0 Å². The fourth-order valence-corrected chi connectivity index (χ4v) is 2.42. The van der Waals surface area contributed by atoms with Crippen molar-refractivity contribution in [3.8, 4) is 11.5 Å². The van der Waals surface area contributed by atoms with E-state index in [-0.39, 0.29) is 17.5 Å². The van der Waals surface area contributed by atoms with Gasteiger partial charge in [0.25, 0.3) is 0 Å². The van der Waals surface area contributed by atoms with Gasteiger partial charge >= 0.3 is 0 Å². The van der Waals surface area contributed by atoms with E-state index in [0.717, 1.165) is 11.3 Å². The van der Waals surface area contributed by atoms with Gasteiger partial charge in [0, 0.05) is 18.2 Å². The Hall–Kier alpha value is -2.20. The molecule has 0 heterocycles. The SMILES string of the molecule is CC(C)N(c1ccccc1)C(O)Cc1ccc(O)c(O)c1. The largest absolute Gasteiger partial charge is 0.504 e. The molecule has 21 heavy (non-hydrogen) atoms. The zero-order valence-electron chi connectivity index (χ0n) is 12.3. The minimum atomic E-state index is -0.712. The van der Waals surface area contributed by atoms with Gasteiger partial charge < -0.3 is 20.2 Å². The average molecular weight is 287 g/mol. The van der Waals surface area contributed by atoms with Crippen LogP contribution in [-0.4, -0.2) is 27.6 Å². The van der Waals surface area contributed by atoms with E-state index < -0.39 is 6.23 Å². The summed E-state index contributed by atoms with van der Waals surface area (Å²) in [7, 11) is 0. The van der Waals surface area contributed by atoms with Crippen LogP contribution >= 0.6 is 0 Å². The number of phenolic OH excluding ortho intramolecular Hbond substituents is 2. The van der Waals surface area contributed by atoms with E-state index in [2.05, 4.69) is 0 Å². The van der Waals surface area contributed by atoms with E-state index in [1.54, 1.807) is 6.07 Å². The molecule has 0 fully saturated rings. The first-order chi connectivity index (χ1) is 9.99. The van der Waals surface area contributed by atoms with Gasteiger partial charge in [-0.3, -0.25) is 0 Å². The Labute approximate surface area is 124 Å². The summed E-state index contributed by atoms with van der Waals surface area (Å²) in [4.78, 5) is 1.92. The number of aliphatic hydroxyl groups excluding tert-OH is 1. The quantitative estimate of drug-likeness (QED) is 0.584. The van der Waals surface area contributed by atoms with Crippen molar-refractivity contribution >= 4 is 5.69 Å². The van der Waals surface area contributed by atoms with Gasteiger partial charge in [-0.15, -0.1) is 0 Å². The van der Waals surface area contributed by atoms with Crippen molar-refractivity contribution in [1.29, 1.82) is 0 Å². The molecule has 2 aromatic carbocycles. The molecule has 0 aliphatic heterocycles. The topological polar surface area (TPSA) is 63.9 Å². The molecular formula is C17H21NO3. The number of benzene rings is 2. The highest BCUT2D eigenvalue weighted by molar-refractivity contribution is 5.48. The molecule has 0 aliphatic carbocycles. The van der Waals surface area contributed by atoms with Crippen LogP contribution < -0.4 is 4.90 Å². The molecule has 3 N–H and O–H groups in total. The van der Waals surface area contributed by atoms with E-state index in [1.165, 1.54) is 12.1 Å². The smallest absolute Gasteiger partial charge is 0.157 e. The number of hydrogen-bond acceptors (Lipinski definition) is 4. The van der Waals surface area contributed by atoms with Crippen LogP contribution in [0.15, 0.2) is 48.5 Å². The first kappa shape index (κ1) is 15.2. The second-order valence-electron chi connectivity index (χ2n) is 5.34. The Morgan fingerprint density at radius 2 is 1.62 bits per heavy atom. The molecule has 0 radical (unpaired) electrons. The van der Waals surface area contributed by atoms with Gasteiger partial charge in [0.15, 0.2) is 11.5 Å². The zero-order valence-corrected chi connectivity index (χ0v) is 12.3. The van der Waals surface area contributed by atoms with Crippen molar-refractivity contribution in [3.63, 3.8) is 0 Å². The van der Waals surface area contributed by atoms with Crippen molar-refractivity contribution in [1.82, 2.24) is 0 Å². The number of anilines is 1. The van der Waals surface area contributed by atoms with E-state index >= 15 is 0 Å². The van der Waals surface area contributed by atoms with Crippen molar-refractivity contribution in [2.45, 2.75) is 32.5 Å². The molecular weight excluding hydrogens is 266 g/mol. The van der Waals surface area contributed by atoms with E-state index in [9.17, 15) is 15.3 Å². The lowest BCUT2D eigenvalue weighted by molar-refractivity contribution is 0.161. The molecule has 0 aliphatic rings. The van der Waals surface area contributed by atoms with Crippen LogP contribution in [-0.2, 0) is 6.42 Å². The summed E-state index contributed by atoms with van der Waals surface area (Å²) in [6.45, 7) is 4.04. The number of rotatable bonds is 5. The summed E-state index contributed by atoms with van der Waals surface area (Å²) in [5.41, 5.74) is 1.71. The minimum absolute atomic E-state index is 0.133. The van der Waals surface area contributed by atoms with Gasteiger partial charge in [-0.2, -0.15) is 0 Å². The highest BCUT2D eigenvalue weighted by Gasteiger charge is 2.20. The molecule has 0 spiro atoms. The Morgan fingerprint density at radius 1 is 0.952 bits per heavy atom. The molecule has 4 nitrogen and oxygen atoms in total. The van der Waals surface area contributed by atoms with E-state index in [1.807, 2.05) is 49.1 Å². The Morgan fingerprint density at radius 3 is 2.19 bits per heavy atom. The lowest BCUT2D eigenvalue weighted by Crippen LogP contribution is -2.41. The van der Waals surface area contributed by atoms with Gasteiger partial charge in [-0.05, 0) is 43.7 Å². The summed E-state index contributed by atoms with van der Waals surface area (Å²) in [5.74, 6) is -0.326. The summed E-state index contributed by atoms with van der Waals surface area (Å²) >= 11 is 0. The lowest BCUT2D eigenvalue weighted by atomic mass is 10.1. The van der Waals surface area contributed by atoms with Gasteiger partial charge in [0.1, 0.15) is 6.23 Å². The third-order valence-electron chi connectivity index (χ3n) is 3.39.